The van der Waals surface area contributed by atoms with Crippen molar-refractivity contribution in [2.75, 3.05) is 0 Å². The minimum absolute atomic E-state index is 0.00224. The lowest BCUT2D eigenvalue weighted by Gasteiger charge is -2.22. The first-order valence-corrected chi connectivity index (χ1v) is 13.6. The van der Waals surface area contributed by atoms with Gasteiger partial charge in [-0.1, -0.05) is 71.0 Å². The van der Waals surface area contributed by atoms with Gasteiger partial charge in [0.2, 0.25) is 0 Å². The van der Waals surface area contributed by atoms with Crippen LogP contribution in [0.25, 0.3) is 55.3 Å². The molecule has 3 heterocycles. The third-order valence-electron chi connectivity index (χ3n) is 7.67. The van der Waals surface area contributed by atoms with Crippen molar-refractivity contribution in [3.05, 3.63) is 89.3 Å². The second kappa shape index (κ2) is 8.87. The zero-order chi connectivity index (χ0) is 26.8. The normalized spacial score (nSPS) is 12.4. The molecule has 0 bridgehead atoms. The van der Waals surface area contributed by atoms with Gasteiger partial charge in [0.25, 0.3) is 0 Å². The van der Waals surface area contributed by atoms with E-state index in [-0.39, 0.29) is 5.41 Å². The van der Waals surface area contributed by atoms with Crippen molar-refractivity contribution >= 4 is 32.7 Å². The summed E-state index contributed by atoms with van der Waals surface area (Å²) in [6, 6.07) is 21.5. The van der Waals surface area contributed by atoms with Gasteiger partial charge in [0, 0.05) is 34.7 Å². The van der Waals surface area contributed by atoms with Crippen LogP contribution in [0.4, 0.5) is 0 Å². The molecular weight excluding hydrogens is 466 g/mol. The van der Waals surface area contributed by atoms with E-state index in [0.29, 0.717) is 5.92 Å². The fourth-order valence-electron chi connectivity index (χ4n) is 5.84. The number of furan rings is 2. The van der Waals surface area contributed by atoms with Crippen molar-refractivity contribution < 1.29 is 8.83 Å². The van der Waals surface area contributed by atoms with Crippen LogP contribution in [0.2, 0.25) is 0 Å². The van der Waals surface area contributed by atoms with Gasteiger partial charge in [-0.3, -0.25) is 4.98 Å². The highest BCUT2D eigenvalue weighted by molar-refractivity contribution is 6.04. The number of aryl methyl sites for hydroxylation is 2. The summed E-state index contributed by atoms with van der Waals surface area (Å²) in [6.45, 7) is 15.6. The minimum Gasteiger partial charge on any atom is -0.461 e. The number of pyridine rings is 1. The average molecular weight is 502 g/mol. The Morgan fingerprint density at radius 2 is 1.58 bits per heavy atom. The first kappa shape index (κ1) is 24.5. The number of fused-ring (bicyclic) bond motifs is 3. The molecule has 38 heavy (non-hydrogen) atoms. The molecule has 0 spiro atoms. The van der Waals surface area contributed by atoms with Crippen LogP contribution in [-0.2, 0) is 11.8 Å². The van der Waals surface area contributed by atoms with Crippen LogP contribution in [0.1, 0.15) is 57.1 Å². The Hall–Kier alpha value is -3.85. The Kier molecular flexibility index (Phi) is 5.72. The van der Waals surface area contributed by atoms with Gasteiger partial charge in [0.1, 0.15) is 22.7 Å². The molecule has 0 aliphatic carbocycles. The third kappa shape index (κ3) is 3.93. The topological polar surface area (TPSA) is 39.2 Å². The summed E-state index contributed by atoms with van der Waals surface area (Å²) in [5.74, 6) is 2.47. The number of nitrogens with zero attached hydrogens (tertiary/aromatic N) is 1. The van der Waals surface area contributed by atoms with Crippen LogP contribution in [0.15, 0.2) is 75.7 Å². The van der Waals surface area contributed by atoms with Gasteiger partial charge in [-0.05, 0) is 71.3 Å². The lowest BCUT2D eigenvalue weighted by atomic mass is 9.82. The summed E-state index contributed by atoms with van der Waals surface area (Å²) in [7, 11) is 0. The first-order valence-electron chi connectivity index (χ1n) is 13.6. The number of rotatable bonds is 4. The number of benzene rings is 3. The highest BCUT2D eigenvalue weighted by Gasteiger charge is 2.24. The van der Waals surface area contributed by atoms with Gasteiger partial charge in [-0.15, -0.1) is 0 Å². The molecule has 6 rings (SSSR count). The van der Waals surface area contributed by atoms with Crippen LogP contribution in [0.3, 0.4) is 0 Å². The molecule has 0 aliphatic rings. The molecule has 0 radical (unpaired) electrons. The Balaban J connectivity index is 1.59. The Bertz CT molecular complexity index is 1820. The molecule has 0 fully saturated rings. The van der Waals surface area contributed by atoms with Crippen LogP contribution >= 0.6 is 0 Å². The molecule has 3 aromatic heterocycles. The maximum Gasteiger partial charge on any atom is 0.139 e. The van der Waals surface area contributed by atoms with Crippen molar-refractivity contribution in [1.82, 2.24) is 4.98 Å². The molecule has 3 nitrogen and oxygen atoms in total. The van der Waals surface area contributed by atoms with Crippen molar-refractivity contribution in [2.24, 2.45) is 5.92 Å². The van der Waals surface area contributed by atoms with Gasteiger partial charge in [-0.25, -0.2) is 0 Å². The molecule has 0 N–H and O–H groups in total. The number of hydrogen-bond acceptors (Lipinski definition) is 3. The largest absolute Gasteiger partial charge is 0.461 e. The smallest absolute Gasteiger partial charge is 0.139 e. The number of hydrogen-bond donors (Lipinski definition) is 0. The molecule has 3 heteroatoms. The quantitative estimate of drug-likeness (QED) is 0.241. The van der Waals surface area contributed by atoms with E-state index < -0.39 is 0 Å². The summed E-state index contributed by atoms with van der Waals surface area (Å²) in [5.41, 5.74) is 8.55. The van der Waals surface area contributed by atoms with Gasteiger partial charge < -0.3 is 8.83 Å². The van der Waals surface area contributed by atoms with Crippen molar-refractivity contribution in [3.63, 3.8) is 0 Å². The van der Waals surface area contributed by atoms with E-state index in [1.807, 2.05) is 12.3 Å². The van der Waals surface area contributed by atoms with E-state index in [1.54, 1.807) is 0 Å². The predicted octanol–water partition coefficient (Wildman–Crippen LogP) is 10.2. The highest BCUT2D eigenvalue weighted by Crippen LogP contribution is 2.43. The summed E-state index contributed by atoms with van der Waals surface area (Å²) in [4.78, 5) is 4.91. The second-order valence-electron chi connectivity index (χ2n) is 12.0. The molecule has 0 atom stereocenters. The van der Waals surface area contributed by atoms with Crippen LogP contribution in [-0.4, -0.2) is 4.98 Å². The predicted molar refractivity (Wildman–Crippen MR) is 159 cm³/mol. The van der Waals surface area contributed by atoms with Crippen molar-refractivity contribution in [1.29, 1.82) is 0 Å². The van der Waals surface area contributed by atoms with Crippen LogP contribution < -0.4 is 0 Å². The molecule has 0 amide bonds. The minimum atomic E-state index is 0.00224. The summed E-state index contributed by atoms with van der Waals surface area (Å²) >= 11 is 0. The lowest BCUT2D eigenvalue weighted by molar-refractivity contribution is 0.496. The molecule has 6 aromatic rings. The summed E-state index contributed by atoms with van der Waals surface area (Å²) < 4.78 is 12.9. The number of aromatic nitrogens is 1. The molecule has 0 saturated heterocycles. The van der Waals surface area contributed by atoms with E-state index in [1.165, 1.54) is 21.9 Å². The molecule has 3 aromatic carbocycles. The summed E-state index contributed by atoms with van der Waals surface area (Å²) in [6.07, 6.45) is 2.78. The van der Waals surface area contributed by atoms with Crippen LogP contribution in [0, 0.1) is 19.8 Å². The third-order valence-corrected chi connectivity index (χ3v) is 7.67. The molecule has 0 saturated carbocycles. The molecule has 192 valence electrons. The van der Waals surface area contributed by atoms with Gasteiger partial charge in [0.05, 0.1) is 11.1 Å². The van der Waals surface area contributed by atoms with Gasteiger partial charge in [-0.2, -0.15) is 0 Å². The molecule has 0 unspecified atom stereocenters. The van der Waals surface area contributed by atoms with Gasteiger partial charge >= 0.3 is 0 Å². The van der Waals surface area contributed by atoms with Crippen molar-refractivity contribution in [2.45, 2.75) is 60.3 Å². The molecule has 0 aliphatic heterocycles. The zero-order valence-electron chi connectivity index (χ0n) is 23.4. The van der Waals surface area contributed by atoms with E-state index in [4.69, 9.17) is 13.8 Å². The average Bonchev–Trinajstić information content (AvgIpc) is 3.38. The Labute approximate surface area is 224 Å². The highest BCUT2D eigenvalue weighted by atomic mass is 16.3. The maximum atomic E-state index is 6.60. The standard InChI is InChI=1S/C35H35NO2/c1-20(2)17-30-21(3)31-26(13-10-14-28(31)37-30)34-22(4)32-29(38-34)15-16-36-33(32)24-18-23-11-8-9-12-25(23)27(19-24)35(5,6)7/h8-16,18-20H,17H2,1-7H3. The summed E-state index contributed by atoms with van der Waals surface area (Å²) in [5, 5.41) is 4.73. The monoisotopic (exact) mass is 501 g/mol. The van der Waals surface area contributed by atoms with Gasteiger partial charge in [0.15, 0.2) is 0 Å². The SMILES string of the molecule is Cc1c(CC(C)C)oc2cccc(-c3oc4ccnc(-c5cc(C(C)(C)C)c6ccccc6c5)c4c3C)c12. The fourth-order valence-corrected chi connectivity index (χ4v) is 5.84. The Morgan fingerprint density at radius 1 is 0.816 bits per heavy atom. The van der Waals surface area contributed by atoms with E-state index >= 15 is 0 Å². The van der Waals surface area contributed by atoms with E-state index in [9.17, 15) is 0 Å². The maximum absolute atomic E-state index is 6.60. The first-order chi connectivity index (χ1) is 18.1. The fraction of sp³-hybridized carbons (Fsp3) is 0.286. The van der Waals surface area contributed by atoms with E-state index in [0.717, 1.165) is 62.3 Å². The second-order valence-corrected chi connectivity index (χ2v) is 12.0. The molecular formula is C35H35NO2. The van der Waals surface area contributed by atoms with Crippen LogP contribution in [0.5, 0.6) is 0 Å². The van der Waals surface area contributed by atoms with Crippen molar-refractivity contribution in [3.8, 4) is 22.6 Å². The Morgan fingerprint density at radius 3 is 2.34 bits per heavy atom. The van der Waals surface area contributed by atoms with E-state index in [2.05, 4.69) is 103 Å². The lowest BCUT2D eigenvalue weighted by Crippen LogP contribution is -2.12. The zero-order valence-corrected chi connectivity index (χ0v) is 23.4.